The highest BCUT2D eigenvalue weighted by Crippen LogP contribution is 2.40. The van der Waals surface area contributed by atoms with Crippen LogP contribution in [0.3, 0.4) is 0 Å². The highest BCUT2D eigenvalue weighted by Gasteiger charge is 2.42. The SMILES string of the molecule is O=C(CSc1ccccn1)N1CC[C@]2(CCCN(CC3CCCCC3)C2)C1. The fourth-order valence-corrected chi connectivity index (χ4v) is 6.11. The second kappa shape index (κ2) is 8.95. The Hall–Kier alpha value is -1.07. The molecule has 1 aromatic rings. The van der Waals surface area contributed by atoms with E-state index in [2.05, 4.69) is 14.8 Å². The largest absolute Gasteiger partial charge is 0.341 e. The lowest BCUT2D eigenvalue weighted by atomic mass is 9.78. The predicted molar refractivity (Wildman–Crippen MR) is 111 cm³/mol. The molecule has 0 unspecified atom stereocenters. The molecule has 1 aliphatic carbocycles. The molecule has 148 valence electrons. The van der Waals surface area contributed by atoms with Crippen molar-refractivity contribution in [3.05, 3.63) is 24.4 Å². The lowest BCUT2D eigenvalue weighted by molar-refractivity contribution is -0.127. The van der Waals surface area contributed by atoms with Crippen LogP contribution in [0, 0.1) is 11.3 Å². The van der Waals surface area contributed by atoms with E-state index >= 15 is 0 Å². The van der Waals surface area contributed by atoms with Crippen molar-refractivity contribution in [1.29, 1.82) is 0 Å². The minimum atomic E-state index is 0.284. The summed E-state index contributed by atoms with van der Waals surface area (Å²) in [5, 5.41) is 0.941. The first-order chi connectivity index (χ1) is 13.2. The molecule has 1 amide bonds. The summed E-state index contributed by atoms with van der Waals surface area (Å²) in [5.41, 5.74) is 0.359. The fraction of sp³-hybridized carbons (Fsp3) is 0.727. The topological polar surface area (TPSA) is 36.4 Å². The molecule has 0 radical (unpaired) electrons. The molecule has 3 heterocycles. The average molecular weight is 388 g/mol. The minimum absolute atomic E-state index is 0.284. The molecule has 1 spiro atoms. The van der Waals surface area contributed by atoms with Crippen molar-refractivity contribution < 1.29 is 4.79 Å². The van der Waals surface area contributed by atoms with Crippen LogP contribution >= 0.6 is 11.8 Å². The van der Waals surface area contributed by atoms with Gasteiger partial charge in [-0.1, -0.05) is 37.1 Å². The third-order valence-corrected chi connectivity index (χ3v) is 7.68. The Morgan fingerprint density at radius 1 is 1.11 bits per heavy atom. The summed E-state index contributed by atoms with van der Waals surface area (Å²) in [4.78, 5) is 21.9. The van der Waals surface area contributed by atoms with Crippen molar-refractivity contribution in [2.45, 2.75) is 56.4 Å². The van der Waals surface area contributed by atoms with Crippen molar-refractivity contribution in [1.82, 2.24) is 14.8 Å². The Bertz CT molecular complexity index is 619. The van der Waals surface area contributed by atoms with Gasteiger partial charge in [0, 0.05) is 37.8 Å². The summed E-state index contributed by atoms with van der Waals surface area (Å²) in [7, 11) is 0. The van der Waals surface area contributed by atoms with Crippen LogP contribution in [-0.2, 0) is 4.79 Å². The Morgan fingerprint density at radius 2 is 2.00 bits per heavy atom. The number of nitrogens with zero attached hydrogens (tertiary/aromatic N) is 3. The normalized spacial score (nSPS) is 27.3. The number of hydrogen-bond donors (Lipinski definition) is 0. The van der Waals surface area contributed by atoms with Crippen molar-refractivity contribution in [3.63, 3.8) is 0 Å². The molecule has 1 atom stereocenters. The van der Waals surface area contributed by atoms with Crippen LogP contribution in [0.5, 0.6) is 0 Å². The maximum atomic E-state index is 12.7. The first-order valence-electron chi connectivity index (χ1n) is 10.8. The molecule has 3 aliphatic rings. The Kier molecular flexibility index (Phi) is 6.39. The van der Waals surface area contributed by atoms with Gasteiger partial charge in [0.05, 0.1) is 10.8 Å². The van der Waals surface area contributed by atoms with E-state index in [1.54, 1.807) is 18.0 Å². The van der Waals surface area contributed by atoms with Gasteiger partial charge in [-0.15, -0.1) is 0 Å². The summed E-state index contributed by atoms with van der Waals surface area (Å²) >= 11 is 1.56. The number of pyridine rings is 1. The molecular weight excluding hydrogens is 354 g/mol. The zero-order chi connectivity index (χ0) is 18.5. The van der Waals surface area contributed by atoms with E-state index in [0.29, 0.717) is 11.2 Å². The lowest BCUT2D eigenvalue weighted by Gasteiger charge is -2.42. The first kappa shape index (κ1) is 19.3. The van der Waals surface area contributed by atoms with Gasteiger partial charge in [-0.2, -0.15) is 0 Å². The van der Waals surface area contributed by atoms with Gasteiger partial charge in [-0.3, -0.25) is 4.79 Å². The molecule has 2 saturated heterocycles. The monoisotopic (exact) mass is 387 g/mol. The highest BCUT2D eigenvalue weighted by molar-refractivity contribution is 7.99. The molecule has 0 N–H and O–H groups in total. The molecule has 0 aromatic carbocycles. The number of hydrogen-bond acceptors (Lipinski definition) is 4. The summed E-state index contributed by atoms with van der Waals surface area (Å²) in [5.74, 6) is 1.72. The summed E-state index contributed by atoms with van der Waals surface area (Å²) in [6.07, 6.45) is 12.7. The number of thioether (sulfide) groups is 1. The van der Waals surface area contributed by atoms with Gasteiger partial charge in [0.1, 0.15) is 0 Å². The second-order valence-electron chi connectivity index (χ2n) is 8.86. The van der Waals surface area contributed by atoms with Gasteiger partial charge in [0.25, 0.3) is 0 Å². The number of carbonyl (C=O) groups excluding carboxylic acids is 1. The zero-order valence-corrected chi connectivity index (χ0v) is 17.3. The number of amides is 1. The van der Waals surface area contributed by atoms with Crippen molar-refractivity contribution in [2.75, 3.05) is 38.5 Å². The molecule has 3 fully saturated rings. The number of likely N-dealkylation sites (tertiary alicyclic amines) is 2. The molecule has 4 rings (SSSR count). The molecule has 1 aromatic heterocycles. The quantitative estimate of drug-likeness (QED) is 0.714. The maximum absolute atomic E-state index is 12.7. The standard InChI is InChI=1S/C22H33N3OS/c26-21(16-27-20-9-4-5-12-23-20)25-14-11-22(18-25)10-6-13-24(17-22)15-19-7-2-1-3-8-19/h4-5,9,12,19H,1-3,6-8,10-11,13-18H2/t22-/m0/s1. The molecule has 5 heteroatoms. The third-order valence-electron chi connectivity index (χ3n) is 6.75. The van der Waals surface area contributed by atoms with Gasteiger partial charge in [-0.25, -0.2) is 4.98 Å². The first-order valence-corrected chi connectivity index (χ1v) is 11.8. The number of rotatable bonds is 5. The average Bonchev–Trinajstić information content (AvgIpc) is 3.11. The van der Waals surface area contributed by atoms with Crippen molar-refractivity contribution >= 4 is 17.7 Å². The molecule has 27 heavy (non-hydrogen) atoms. The van der Waals surface area contributed by atoms with E-state index < -0.39 is 0 Å². The van der Waals surface area contributed by atoms with E-state index in [4.69, 9.17) is 0 Å². The number of piperidine rings is 1. The fourth-order valence-electron chi connectivity index (χ4n) is 5.34. The summed E-state index contributed by atoms with van der Waals surface area (Å²) < 4.78 is 0. The molecule has 1 saturated carbocycles. The van der Waals surface area contributed by atoms with Crippen LogP contribution in [0.1, 0.15) is 51.4 Å². The van der Waals surface area contributed by atoms with E-state index in [-0.39, 0.29) is 5.91 Å². The molecule has 0 bridgehead atoms. The van der Waals surface area contributed by atoms with Crippen LogP contribution in [0.15, 0.2) is 29.4 Å². The lowest BCUT2D eigenvalue weighted by Crippen LogP contribution is -2.47. The van der Waals surface area contributed by atoms with Crippen molar-refractivity contribution in [3.8, 4) is 0 Å². The predicted octanol–water partition coefficient (Wildman–Crippen LogP) is 4.07. The number of carbonyl (C=O) groups is 1. The zero-order valence-electron chi connectivity index (χ0n) is 16.4. The molecule has 4 nitrogen and oxygen atoms in total. The van der Waals surface area contributed by atoms with Gasteiger partial charge >= 0.3 is 0 Å². The molecule has 2 aliphatic heterocycles. The van der Waals surface area contributed by atoms with Crippen LogP contribution < -0.4 is 0 Å². The van der Waals surface area contributed by atoms with Gasteiger partial charge in [0.2, 0.25) is 5.91 Å². The van der Waals surface area contributed by atoms with E-state index in [1.165, 1.54) is 71.0 Å². The van der Waals surface area contributed by atoms with Crippen molar-refractivity contribution in [2.24, 2.45) is 11.3 Å². The Balaban J connectivity index is 1.27. The molecular formula is C22H33N3OS. The van der Waals surface area contributed by atoms with Crippen LogP contribution in [0.25, 0.3) is 0 Å². The Morgan fingerprint density at radius 3 is 2.81 bits per heavy atom. The second-order valence-corrected chi connectivity index (χ2v) is 9.86. The minimum Gasteiger partial charge on any atom is -0.341 e. The highest BCUT2D eigenvalue weighted by atomic mass is 32.2. The Labute approximate surface area is 168 Å². The van der Waals surface area contributed by atoms with Gasteiger partial charge in [0.15, 0.2) is 0 Å². The third kappa shape index (κ3) is 5.05. The van der Waals surface area contributed by atoms with Gasteiger partial charge in [-0.05, 0) is 56.7 Å². The van der Waals surface area contributed by atoms with E-state index in [9.17, 15) is 4.79 Å². The summed E-state index contributed by atoms with van der Waals surface area (Å²) in [6, 6.07) is 5.87. The summed E-state index contributed by atoms with van der Waals surface area (Å²) in [6.45, 7) is 5.68. The van der Waals surface area contributed by atoms with E-state index in [0.717, 1.165) is 24.0 Å². The van der Waals surface area contributed by atoms with Crippen LogP contribution in [0.4, 0.5) is 0 Å². The van der Waals surface area contributed by atoms with Crippen LogP contribution in [0.2, 0.25) is 0 Å². The smallest absolute Gasteiger partial charge is 0.233 e. The number of aromatic nitrogens is 1. The van der Waals surface area contributed by atoms with E-state index in [1.807, 2.05) is 18.2 Å². The maximum Gasteiger partial charge on any atom is 0.233 e. The van der Waals surface area contributed by atoms with Gasteiger partial charge < -0.3 is 9.80 Å². The van der Waals surface area contributed by atoms with Crippen LogP contribution in [-0.4, -0.2) is 59.2 Å².